The number of anilines is 2. The number of phenolic OH excluding ortho intramolecular Hbond substituents is 1. The lowest BCUT2D eigenvalue weighted by Crippen LogP contribution is -2.65. The maximum atomic E-state index is 14.0. The molecule has 5 atom stereocenters. The van der Waals surface area contributed by atoms with Crippen molar-refractivity contribution in [3.63, 3.8) is 0 Å². The number of hydrogen-bond donors (Lipinski definition) is 7. The first-order valence-electron chi connectivity index (χ1n) is 13.0. The summed E-state index contributed by atoms with van der Waals surface area (Å²) in [5.41, 5.74) is 2.55. The van der Waals surface area contributed by atoms with Gasteiger partial charge in [-0.05, 0) is 57.5 Å². The van der Waals surface area contributed by atoms with Crippen LogP contribution >= 0.6 is 24.8 Å². The van der Waals surface area contributed by atoms with Gasteiger partial charge < -0.3 is 41.7 Å². The van der Waals surface area contributed by atoms with Crippen molar-refractivity contribution in [3.8, 4) is 5.75 Å². The third-order valence-corrected chi connectivity index (χ3v) is 8.58. The van der Waals surface area contributed by atoms with Crippen LogP contribution in [0.15, 0.2) is 23.0 Å². The van der Waals surface area contributed by atoms with Gasteiger partial charge in [-0.15, -0.1) is 24.8 Å². The van der Waals surface area contributed by atoms with Crippen molar-refractivity contribution in [2.24, 2.45) is 17.6 Å². The van der Waals surface area contributed by atoms with Crippen molar-refractivity contribution in [3.05, 3.63) is 34.1 Å². The number of carbonyl (C=O) groups is 4. The average Bonchev–Trinajstić information content (AvgIpc) is 2.81. The number of ketones is 2. The zero-order valence-electron chi connectivity index (χ0n) is 23.4. The number of aliphatic hydroxyl groups excluding tert-OH is 2. The fourth-order valence-electron chi connectivity index (χ4n) is 6.52. The van der Waals surface area contributed by atoms with E-state index in [0.29, 0.717) is 24.2 Å². The first-order valence-corrected chi connectivity index (χ1v) is 13.0. The Morgan fingerprint density at radius 2 is 1.74 bits per heavy atom. The molecule has 0 aromatic heterocycles. The first-order chi connectivity index (χ1) is 18.7. The minimum Gasteiger partial charge on any atom is -0.508 e. The maximum Gasteiger partial charge on any atom is 0.255 e. The lowest BCUT2D eigenvalue weighted by atomic mass is 9.57. The van der Waals surface area contributed by atoms with Gasteiger partial charge in [0.15, 0.2) is 11.4 Å². The second-order valence-electron chi connectivity index (χ2n) is 11.3. The molecular weight excluding hydrogens is 593 g/mol. The number of primary amides is 1. The van der Waals surface area contributed by atoms with Crippen LogP contribution in [0.25, 0.3) is 5.76 Å². The molecule has 42 heavy (non-hydrogen) atoms. The van der Waals surface area contributed by atoms with Gasteiger partial charge in [-0.2, -0.15) is 0 Å². The number of amides is 2. The van der Waals surface area contributed by atoms with Gasteiger partial charge in [0.05, 0.1) is 23.3 Å². The third kappa shape index (κ3) is 4.60. The minimum atomic E-state index is -2.72. The van der Waals surface area contributed by atoms with E-state index in [9.17, 15) is 39.6 Å². The number of fused-ring (bicyclic) bond motifs is 3. The summed E-state index contributed by atoms with van der Waals surface area (Å²) in [6, 6.07) is 0.00943. The molecule has 5 rings (SSSR count). The minimum absolute atomic E-state index is 0. The molecule has 1 saturated carbocycles. The zero-order chi connectivity index (χ0) is 29.4. The van der Waals surface area contributed by atoms with E-state index in [1.807, 2.05) is 0 Å². The quantitative estimate of drug-likeness (QED) is 0.173. The molecule has 2 fully saturated rings. The van der Waals surface area contributed by atoms with Crippen LogP contribution in [0.2, 0.25) is 0 Å². The van der Waals surface area contributed by atoms with Crippen LogP contribution < -0.4 is 21.3 Å². The molecule has 0 spiro atoms. The number of carbonyl (C=O) groups excluding carboxylic acids is 4. The molecule has 0 bridgehead atoms. The van der Waals surface area contributed by atoms with Gasteiger partial charge in [0.25, 0.3) is 5.91 Å². The Kier molecular flexibility index (Phi) is 8.98. The van der Waals surface area contributed by atoms with E-state index in [4.69, 9.17) is 5.73 Å². The highest BCUT2D eigenvalue weighted by atomic mass is 35.5. The molecule has 15 heteroatoms. The molecule has 0 unspecified atom stereocenters. The summed E-state index contributed by atoms with van der Waals surface area (Å²) in [7, 11) is 6.60. The highest BCUT2D eigenvalue weighted by molar-refractivity contribution is 6.24. The summed E-state index contributed by atoms with van der Waals surface area (Å²) in [6.07, 6.45) is 0.767. The van der Waals surface area contributed by atoms with Gasteiger partial charge in [-0.1, -0.05) is 0 Å². The highest BCUT2D eigenvalue weighted by Gasteiger charge is 2.64. The smallest absolute Gasteiger partial charge is 0.255 e. The third-order valence-electron chi connectivity index (χ3n) is 8.58. The molecule has 1 heterocycles. The number of phenols is 1. The van der Waals surface area contributed by atoms with Gasteiger partial charge in [0, 0.05) is 31.3 Å². The molecule has 230 valence electrons. The number of likely N-dealkylation sites (N-methyl/N-ethyl adjacent to an activating group) is 1. The Hall–Kier alpha value is -3.36. The SMILES string of the molecule is CN(C)c1cc(NC(=O)[C@@H]2CCN2)c(O)c2c1C[C@H]1C[C@H]3[C@H](N(C)C)C(=O)C(C(N)=O)=C(O)[C@@]3(O)C(=O)C1=C2O.Cl.Cl. The van der Waals surface area contributed by atoms with E-state index in [-0.39, 0.29) is 60.4 Å². The molecular formula is C27H35Cl2N5O8. The van der Waals surface area contributed by atoms with Crippen LogP contribution in [-0.4, -0.2) is 101 Å². The van der Waals surface area contributed by atoms with Crippen molar-refractivity contribution in [1.29, 1.82) is 0 Å². The Bertz CT molecular complexity index is 1440. The van der Waals surface area contributed by atoms with Gasteiger partial charge in [0.1, 0.15) is 22.8 Å². The standard InChI is InChI=1S/C27H33N5O8.2ClH/c1-31(2)15-9-14(30-26(39)13-5-6-29-13)20(33)17-11(15)7-10-8-12-19(32(3)4)22(35)18(25(28)38)24(37)27(12,40)23(36)16(10)21(17)34;;/h9-10,12-13,19,29,33-34,37,40H,5-8H2,1-4H3,(H2,28,38)(H,30,39);2*1H/t10-,12-,13-,19-,27-;;/m0../s1. The van der Waals surface area contributed by atoms with E-state index < -0.39 is 69.8 Å². The maximum absolute atomic E-state index is 14.0. The number of Topliss-reactive ketones (excluding diaryl/α,β-unsaturated/α-hetero) is 2. The molecule has 2 amide bonds. The van der Waals surface area contributed by atoms with Gasteiger partial charge >= 0.3 is 0 Å². The molecule has 1 aromatic rings. The lowest BCUT2D eigenvalue weighted by Gasteiger charge is -2.50. The summed E-state index contributed by atoms with van der Waals surface area (Å²) >= 11 is 0. The predicted octanol–water partition coefficient (Wildman–Crippen LogP) is 0.174. The number of aliphatic hydroxyl groups is 3. The molecule has 3 aliphatic carbocycles. The molecule has 1 aliphatic heterocycles. The van der Waals surface area contributed by atoms with Crippen molar-refractivity contribution in [2.75, 3.05) is 45.0 Å². The van der Waals surface area contributed by atoms with Crippen molar-refractivity contribution < 1.29 is 39.6 Å². The molecule has 0 radical (unpaired) electrons. The van der Waals surface area contributed by atoms with Crippen LogP contribution in [0.5, 0.6) is 5.75 Å². The summed E-state index contributed by atoms with van der Waals surface area (Å²) < 4.78 is 0. The highest BCUT2D eigenvalue weighted by Crippen LogP contribution is 2.54. The van der Waals surface area contributed by atoms with E-state index >= 15 is 0 Å². The zero-order valence-corrected chi connectivity index (χ0v) is 25.1. The Morgan fingerprint density at radius 3 is 2.24 bits per heavy atom. The predicted molar refractivity (Wildman–Crippen MR) is 158 cm³/mol. The second kappa shape index (κ2) is 11.4. The average molecular weight is 629 g/mol. The summed E-state index contributed by atoms with van der Waals surface area (Å²) in [6.45, 7) is 0.691. The number of nitrogens with two attached hydrogens (primary N) is 1. The fourth-order valence-corrected chi connectivity index (χ4v) is 6.52. The molecule has 8 N–H and O–H groups in total. The molecule has 13 nitrogen and oxygen atoms in total. The van der Waals surface area contributed by atoms with Crippen LogP contribution in [0, 0.1) is 11.8 Å². The monoisotopic (exact) mass is 627 g/mol. The normalized spacial score (nSPS) is 28.0. The Balaban J connectivity index is 0.00000242. The van der Waals surface area contributed by atoms with Crippen LogP contribution in [0.4, 0.5) is 11.4 Å². The van der Waals surface area contributed by atoms with Gasteiger partial charge in [0.2, 0.25) is 11.7 Å². The van der Waals surface area contributed by atoms with E-state index in [1.165, 1.54) is 4.90 Å². The van der Waals surface area contributed by atoms with E-state index in [0.717, 1.165) is 0 Å². The molecule has 4 aliphatic rings. The molecule has 1 aromatic carbocycles. The number of nitrogens with zero attached hydrogens (tertiary/aromatic N) is 2. The molecule has 1 saturated heterocycles. The topological polar surface area (TPSA) is 206 Å². The number of hydrogen-bond acceptors (Lipinski definition) is 11. The van der Waals surface area contributed by atoms with Crippen molar-refractivity contribution in [1.82, 2.24) is 10.2 Å². The second-order valence-corrected chi connectivity index (χ2v) is 11.3. The fraction of sp³-hybridized carbons (Fsp3) is 0.481. The largest absolute Gasteiger partial charge is 0.508 e. The Morgan fingerprint density at radius 1 is 1.12 bits per heavy atom. The lowest BCUT2D eigenvalue weighted by molar-refractivity contribution is -0.153. The van der Waals surface area contributed by atoms with Crippen molar-refractivity contribution in [2.45, 2.75) is 36.9 Å². The van der Waals surface area contributed by atoms with E-state index in [2.05, 4.69) is 10.6 Å². The van der Waals surface area contributed by atoms with Crippen molar-refractivity contribution >= 4 is 65.3 Å². The van der Waals surface area contributed by atoms with Gasteiger partial charge in [-0.25, -0.2) is 0 Å². The van der Waals surface area contributed by atoms with E-state index in [1.54, 1.807) is 39.2 Å². The van der Waals surface area contributed by atoms with Crippen LogP contribution in [0.3, 0.4) is 0 Å². The summed E-state index contributed by atoms with van der Waals surface area (Å²) in [5.74, 6) is -7.62. The number of halogens is 2. The number of nitrogens with one attached hydrogen (secondary N) is 2. The van der Waals surface area contributed by atoms with Crippen LogP contribution in [-0.2, 0) is 25.6 Å². The van der Waals surface area contributed by atoms with Crippen LogP contribution in [0.1, 0.15) is 24.0 Å². The first kappa shape index (κ1) is 33.1. The summed E-state index contributed by atoms with van der Waals surface area (Å²) in [4.78, 5) is 55.2. The number of rotatable bonds is 5. The number of aromatic hydroxyl groups is 1. The van der Waals surface area contributed by atoms with Gasteiger partial charge in [-0.3, -0.25) is 24.1 Å². The summed E-state index contributed by atoms with van der Waals surface area (Å²) in [5, 5.41) is 51.1. The Labute approximate surface area is 254 Å². The number of benzene rings is 1.